The first-order valence-corrected chi connectivity index (χ1v) is 8.45. The highest BCUT2D eigenvalue weighted by atomic mass is 19.1. The number of hydrogen-bond donors (Lipinski definition) is 2. The standard InChI is InChI=1S/C20H20FN3O2/c21-18-6-2-1-4-15(18)9-11-23-20(25)24-12-13-26-17-7-8-19-16(14-17)5-3-10-22-19/h1-8,10,14H,9,11-13H2,(H2,23,24,25). The van der Waals surface area contributed by atoms with E-state index >= 15 is 0 Å². The van der Waals surface area contributed by atoms with E-state index in [1.165, 1.54) is 6.07 Å². The average molecular weight is 353 g/mol. The second-order valence-corrected chi connectivity index (χ2v) is 5.73. The molecule has 1 heterocycles. The van der Waals surface area contributed by atoms with Crippen LogP contribution in [0.25, 0.3) is 10.9 Å². The lowest BCUT2D eigenvalue weighted by atomic mass is 10.1. The van der Waals surface area contributed by atoms with Crippen LogP contribution in [0.5, 0.6) is 5.75 Å². The van der Waals surface area contributed by atoms with Crippen molar-refractivity contribution in [2.75, 3.05) is 19.7 Å². The Morgan fingerprint density at radius 1 is 1.04 bits per heavy atom. The van der Waals surface area contributed by atoms with E-state index in [4.69, 9.17) is 4.74 Å². The third-order valence-corrected chi connectivity index (χ3v) is 3.87. The number of ether oxygens (including phenoxy) is 1. The minimum atomic E-state index is -0.298. The molecule has 0 atom stereocenters. The maximum absolute atomic E-state index is 13.5. The molecule has 134 valence electrons. The number of halogens is 1. The van der Waals surface area contributed by atoms with Crippen LogP contribution >= 0.6 is 0 Å². The molecule has 0 unspecified atom stereocenters. The van der Waals surface area contributed by atoms with Crippen molar-refractivity contribution in [3.05, 3.63) is 72.2 Å². The van der Waals surface area contributed by atoms with Crippen molar-refractivity contribution in [3.8, 4) is 5.75 Å². The quantitative estimate of drug-likeness (QED) is 0.641. The number of fused-ring (bicyclic) bond motifs is 1. The SMILES string of the molecule is O=C(NCCOc1ccc2ncccc2c1)NCCc1ccccc1F. The number of carbonyl (C=O) groups excluding carboxylic acids is 1. The summed E-state index contributed by atoms with van der Waals surface area (Å²) in [5, 5.41) is 6.41. The summed E-state index contributed by atoms with van der Waals surface area (Å²) in [7, 11) is 0. The van der Waals surface area contributed by atoms with Gasteiger partial charge in [0.15, 0.2) is 0 Å². The summed E-state index contributed by atoms with van der Waals surface area (Å²) in [6.07, 6.45) is 2.19. The molecule has 0 spiro atoms. The maximum Gasteiger partial charge on any atom is 0.314 e. The summed E-state index contributed by atoms with van der Waals surface area (Å²) < 4.78 is 19.1. The molecule has 6 heteroatoms. The summed E-state index contributed by atoms with van der Waals surface area (Å²) in [5.41, 5.74) is 1.49. The zero-order valence-corrected chi connectivity index (χ0v) is 14.2. The molecule has 0 saturated heterocycles. The Morgan fingerprint density at radius 2 is 1.88 bits per heavy atom. The molecule has 2 aromatic carbocycles. The number of nitrogens with one attached hydrogen (secondary N) is 2. The van der Waals surface area contributed by atoms with Crippen LogP contribution in [0.2, 0.25) is 0 Å². The van der Waals surface area contributed by atoms with Crippen LogP contribution in [0.1, 0.15) is 5.56 Å². The predicted octanol–water partition coefficient (Wildman–Crippen LogP) is 3.29. The van der Waals surface area contributed by atoms with Crippen LogP contribution in [-0.4, -0.2) is 30.7 Å². The Kier molecular flexibility index (Phi) is 5.98. The normalized spacial score (nSPS) is 10.5. The maximum atomic E-state index is 13.5. The van der Waals surface area contributed by atoms with Crippen molar-refractivity contribution in [2.45, 2.75) is 6.42 Å². The van der Waals surface area contributed by atoms with Crippen molar-refractivity contribution in [3.63, 3.8) is 0 Å². The number of hydrogen-bond acceptors (Lipinski definition) is 3. The van der Waals surface area contributed by atoms with Crippen molar-refractivity contribution in [2.24, 2.45) is 0 Å². The van der Waals surface area contributed by atoms with Crippen molar-refractivity contribution in [1.82, 2.24) is 15.6 Å². The van der Waals surface area contributed by atoms with E-state index in [1.54, 1.807) is 24.4 Å². The summed E-state index contributed by atoms with van der Waals surface area (Å²) >= 11 is 0. The molecule has 0 aliphatic heterocycles. The van der Waals surface area contributed by atoms with Gasteiger partial charge in [0.25, 0.3) is 0 Å². The molecule has 1 aromatic heterocycles. The van der Waals surface area contributed by atoms with Crippen LogP contribution in [0.3, 0.4) is 0 Å². The molecule has 0 aliphatic rings. The third-order valence-electron chi connectivity index (χ3n) is 3.87. The summed E-state index contributed by atoms with van der Waals surface area (Å²) in [4.78, 5) is 16.0. The number of pyridine rings is 1. The number of amides is 2. The molecule has 0 radical (unpaired) electrons. The largest absolute Gasteiger partial charge is 0.492 e. The van der Waals surface area contributed by atoms with Gasteiger partial charge in [0.2, 0.25) is 0 Å². The number of rotatable bonds is 7. The highest BCUT2D eigenvalue weighted by Crippen LogP contribution is 2.18. The van der Waals surface area contributed by atoms with Gasteiger partial charge < -0.3 is 15.4 Å². The Bertz CT molecular complexity index is 886. The van der Waals surface area contributed by atoms with Gasteiger partial charge in [-0.15, -0.1) is 0 Å². The topological polar surface area (TPSA) is 63.2 Å². The lowest BCUT2D eigenvalue weighted by molar-refractivity contribution is 0.236. The molecule has 0 bridgehead atoms. The fourth-order valence-corrected chi connectivity index (χ4v) is 2.55. The summed E-state index contributed by atoms with van der Waals surface area (Å²) in [6, 6.07) is 15.7. The smallest absolute Gasteiger partial charge is 0.314 e. The van der Waals surface area contributed by atoms with Crippen LogP contribution in [0, 0.1) is 5.82 Å². The van der Waals surface area contributed by atoms with E-state index in [0.29, 0.717) is 31.7 Å². The van der Waals surface area contributed by atoms with Gasteiger partial charge in [-0.1, -0.05) is 24.3 Å². The van der Waals surface area contributed by atoms with E-state index in [9.17, 15) is 9.18 Å². The van der Waals surface area contributed by atoms with Gasteiger partial charge in [-0.25, -0.2) is 9.18 Å². The van der Waals surface area contributed by atoms with Crippen molar-refractivity contribution in [1.29, 1.82) is 0 Å². The number of aromatic nitrogens is 1. The Balaban J connectivity index is 1.35. The predicted molar refractivity (Wildman–Crippen MR) is 98.7 cm³/mol. The minimum absolute atomic E-state index is 0.256. The molecule has 5 nitrogen and oxygen atoms in total. The van der Waals surface area contributed by atoms with Gasteiger partial charge in [0.05, 0.1) is 12.1 Å². The molecular weight excluding hydrogens is 333 g/mol. The number of carbonyl (C=O) groups is 1. The van der Waals surface area contributed by atoms with Gasteiger partial charge in [0.1, 0.15) is 18.2 Å². The molecule has 26 heavy (non-hydrogen) atoms. The lowest BCUT2D eigenvalue weighted by Gasteiger charge is -2.10. The van der Waals surface area contributed by atoms with Gasteiger partial charge in [-0.05, 0) is 42.3 Å². The van der Waals surface area contributed by atoms with Gasteiger partial charge in [-0.2, -0.15) is 0 Å². The highest BCUT2D eigenvalue weighted by Gasteiger charge is 2.03. The zero-order chi connectivity index (χ0) is 18.2. The fourth-order valence-electron chi connectivity index (χ4n) is 2.55. The Labute approximate surface area is 151 Å². The molecule has 0 fully saturated rings. The van der Waals surface area contributed by atoms with E-state index in [-0.39, 0.29) is 11.8 Å². The summed E-state index contributed by atoms with van der Waals surface area (Å²) in [6.45, 7) is 1.09. The van der Waals surface area contributed by atoms with E-state index < -0.39 is 0 Å². The van der Waals surface area contributed by atoms with E-state index in [0.717, 1.165) is 16.7 Å². The third kappa shape index (κ3) is 4.92. The molecular formula is C20H20FN3O2. The van der Waals surface area contributed by atoms with Crippen LogP contribution in [0.15, 0.2) is 60.8 Å². The van der Waals surface area contributed by atoms with Gasteiger partial charge in [0, 0.05) is 18.1 Å². The average Bonchev–Trinajstić information content (AvgIpc) is 2.67. The van der Waals surface area contributed by atoms with Gasteiger partial charge in [-0.3, -0.25) is 4.98 Å². The van der Waals surface area contributed by atoms with Crippen molar-refractivity contribution >= 4 is 16.9 Å². The number of benzene rings is 2. The Hall–Kier alpha value is -3.15. The Morgan fingerprint density at radius 3 is 2.77 bits per heavy atom. The first kappa shape index (κ1) is 17.7. The monoisotopic (exact) mass is 353 g/mol. The fraction of sp³-hybridized carbons (Fsp3) is 0.200. The van der Waals surface area contributed by atoms with Gasteiger partial charge >= 0.3 is 6.03 Å². The van der Waals surface area contributed by atoms with Crippen LogP contribution < -0.4 is 15.4 Å². The molecule has 0 aliphatic carbocycles. The first-order chi connectivity index (χ1) is 12.7. The number of nitrogens with zero attached hydrogens (tertiary/aromatic N) is 1. The van der Waals surface area contributed by atoms with Crippen LogP contribution in [-0.2, 0) is 6.42 Å². The molecule has 3 rings (SSSR count). The molecule has 3 aromatic rings. The molecule has 2 amide bonds. The van der Waals surface area contributed by atoms with Crippen molar-refractivity contribution < 1.29 is 13.9 Å². The first-order valence-electron chi connectivity index (χ1n) is 8.45. The van der Waals surface area contributed by atoms with Crippen LogP contribution in [0.4, 0.5) is 9.18 Å². The summed E-state index contributed by atoms with van der Waals surface area (Å²) in [5.74, 6) is 0.473. The number of urea groups is 1. The second-order valence-electron chi connectivity index (χ2n) is 5.73. The van der Waals surface area contributed by atoms with E-state index in [2.05, 4.69) is 15.6 Å². The van der Waals surface area contributed by atoms with E-state index in [1.807, 2.05) is 30.3 Å². The lowest BCUT2D eigenvalue weighted by Crippen LogP contribution is -2.38. The highest BCUT2D eigenvalue weighted by molar-refractivity contribution is 5.79. The zero-order valence-electron chi connectivity index (χ0n) is 14.2. The second kappa shape index (κ2) is 8.80. The molecule has 2 N–H and O–H groups in total. The molecule has 0 saturated carbocycles. The minimum Gasteiger partial charge on any atom is -0.492 e.